The van der Waals surface area contributed by atoms with Crippen molar-refractivity contribution in [3.63, 3.8) is 0 Å². The van der Waals surface area contributed by atoms with Crippen LogP contribution in [0.15, 0.2) is 0 Å². The molecule has 0 aromatic rings. The molecule has 0 heterocycles. The average Bonchev–Trinajstić information content (AvgIpc) is 2.53. The van der Waals surface area contributed by atoms with Crippen LogP contribution in [0.25, 0.3) is 0 Å². The van der Waals surface area contributed by atoms with Crippen molar-refractivity contribution in [2.75, 3.05) is 0 Å². The minimum atomic E-state index is 0.429. The molecule has 0 aromatic carbocycles. The maximum Gasteiger partial charge on any atom is 0.139 e. The molecular formula is C19H32O. The van der Waals surface area contributed by atoms with Crippen molar-refractivity contribution in [3.8, 4) is 0 Å². The third-order valence-electron chi connectivity index (χ3n) is 6.70. The first kappa shape index (κ1) is 14.6. The molecular weight excluding hydrogens is 244 g/mol. The second kappa shape index (κ2) is 6.62. The Hall–Kier alpha value is -0.330. The Bertz CT molecular complexity index is 335. The quantitative estimate of drug-likeness (QED) is 0.676. The van der Waals surface area contributed by atoms with E-state index in [1.807, 2.05) is 0 Å². The van der Waals surface area contributed by atoms with Crippen LogP contribution in [0.3, 0.4) is 0 Å². The summed E-state index contributed by atoms with van der Waals surface area (Å²) in [6.07, 6.45) is 15.9. The van der Waals surface area contributed by atoms with Crippen LogP contribution in [0.5, 0.6) is 0 Å². The molecule has 1 heteroatoms. The van der Waals surface area contributed by atoms with Crippen molar-refractivity contribution in [3.05, 3.63) is 0 Å². The van der Waals surface area contributed by atoms with Gasteiger partial charge in [0.1, 0.15) is 5.78 Å². The van der Waals surface area contributed by atoms with Gasteiger partial charge in [0.15, 0.2) is 0 Å². The summed E-state index contributed by atoms with van der Waals surface area (Å²) in [4.78, 5) is 12.9. The molecule has 0 amide bonds. The predicted octanol–water partition coefficient (Wildman–Crippen LogP) is 5.38. The van der Waals surface area contributed by atoms with E-state index in [-0.39, 0.29) is 0 Å². The summed E-state index contributed by atoms with van der Waals surface area (Å²) in [7, 11) is 0. The highest BCUT2D eigenvalue weighted by atomic mass is 16.1. The van der Waals surface area contributed by atoms with E-state index < -0.39 is 0 Å². The zero-order valence-corrected chi connectivity index (χ0v) is 13.3. The predicted molar refractivity (Wildman–Crippen MR) is 83.5 cm³/mol. The standard InChI is InChI=1S/C19H32O/c1-2-14-6-5-9-17(12-14)19(20)18-11-10-15-7-3-4-8-16(15)13-18/h14-18H,2-13H2,1H3. The molecule has 3 aliphatic rings. The largest absolute Gasteiger partial charge is 0.299 e. The summed E-state index contributed by atoms with van der Waals surface area (Å²) in [6, 6.07) is 0. The highest BCUT2D eigenvalue weighted by Gasteiger charge is 2.38. The molecule has 0 N–H and O–H groups in total. The number of Topliss-reactive ketones (excluding diaryl/α,β-unsaturated/α-hetero) is 1. The zero-order chi connectivity index (χ0) is 13.9. The fourth-order valence-electron chi connectivity index (χ4n) is 5.39. The average molecular weight is 276 g/mol. The van der Waals surface area contributed by atoms with Gasteiger partial charge >= 0.3 is 0 Å². The van der Waals surface area contributed by atoms with Gasteiger partial charge in [-0.25, -0.2) is 0 Å². The number of ketones is 1. The van der Waals surface area contributed by atoms with Crippen molar-refractivity contribution in [2.24, 2.45) is 29.6 Å². The Balaban J connectivity index is 1.57. The van der Waals surface area contributed by atoms with Gasteiger partial charge in [0.2, 0.25) is 0 Å². The molecule has 3 aliphatic carbocycles. The maximum atomic E-state index is 12.9. The fraction of sp³-hybridized carbons (Fsp3) is 0.947. The molecule has 3 fully saturated rings. The molecule has 0 aromatic heterocycles. The minimum absolute atomic E-state index is 0.429. The van der Waals surface area contributed by atoms with E-state index in [1.165, 1.54) is 77.0 Å². The van der Waals surface area contributed by atoms with Crippen LogP contribution in [0.4, 0.5) is 0 Å². The smallest absolute Gasteiger partial charge is 0.139 e. The number of fused-ring (bicyclic) bond motifs is 1. The van der Waals surface area contributed by atoms with Crippen LogP contribution in [0.2, 0.25) is 0 Å². The number of hydrogen-bond acceptors (Lipinski definition) is 1. The first-order chi connectivity index (χ1) is 9.78. The lowest BCUT2D eigenvalue weighted by Crippen LogP contribution is -2.35. The Morgan fingerprint density at radius 2 is 1.55 bits per heavy atom. The number of hydrogen-bond donors (Lipinski definition) is 0. The van der Waals surface area contributed by atoms with Crippen molar-refractivity contribution in [1.82, 2.24) is 0 Å². The van der Waals surface area contributed by atoms with E-state index in [2.05, 4.69) is 6.92 Å². The first-order valence-corrected chi connectivity index (χ1v) is 9.31. The Labute approximate surface area is 124 Å². The van der Waals surface area contributed by atoms with Crippen LogP contribution < -0.4 is 0 Å². The molecule has 1 nitrogen and oxygen atoms in total. The van der Waals surface area contributed by atoms with Crippen LogP contribution >= 0.6 is 0 Å². The topological polar surface area (TPSA) is 17.1 Å². The normalized spacial score (nSPS) is 42.0. The van der Waals surface area contributed by atoms with Gasteiger partial charge in [-0.15, -0.1) is 0 Å². The molecule has 114 valence electrons. The number of carbonyl (C=O) groups is 1. The van der Waals surface area contributed by atoms with Gasteiger partial charge in [-0.2, -0.15) is 0 Å². The third kappa shape index (κ3) is 3.12. The van der Waals surface area contributed by atoms with E-state index in [1.54, 1.807) is 0 Å². The summed E-state index contributed by atoms with van der Waals surface area (Å²) in [5.41, 5.74) is 0. The van der Waals surface area contributed by atoms with Crippen molar-refractivity contribution in [2.45, 2.75) is 84.0 Å². The van der Waals surface area contributed by atoms with Crippen molar-refractivity contribution < 1.29 is 4.79 Å². The molecule has 20 heavy (non-hydrogen) atoms. The maximum absolute atomic E-state index is 12.9. The SMILES string of the molecule is CCC1CCCC(C(=O)C2CCC3CCCCC3C2)C1. The molecule has 0 aliphatic heterocycles. The second-order valence-electron chi connectivity index (χ2n) is 7.85. The van der Waals surface area contributed by atoms with E-state index >= 15 is 0 Å². The third-order valence-corrected chi connectivity index (χ3v) is 6.70. The Morgan fingerprint density at radius 3 is 2.35 bits per heavy atom. The fourth-order valence-corrected chi connectivity index (χ4v) is 5.39. The van der Waals surface area contributed by atoms with Crippen LogP contribution in [0.1, 0.15) is 84.0 Å². The van der Waals surface area contributed by atoms with Gasteiger partial charge in [-0.3, -0.25) is 4.79 Å². The summed E-state index contributed by atoms with van der Waals surface area (Å²) >= 11 is 0. The Kier molecular flexibility index (Phi) is 4.83. The minimum Gasteiger partial charge on any atom is -0.299 e. The molecule has 3 saturated carbocycles. The van der Waals surface area contributed by atoms with E-state index in [0.717, 1.165) is 17.8 Å². The highest BCUT2D eigenvalue weighted by molar-refractivity contribution is 5.83. The van der Waals surface area contributed by atoms with Gasteiger partial charge in [-0.1, -0.05) is 51.9 Å². The molecule has 0 saturated heterocycles. The van der Waals surface area contributed by atoms with Crippen LogP contribution in [-0.2, 0) is 4.79 Å². The van der Waals surface area contributed by atoms with Gasteiger partial charge in [0.25, 0.3) is 0 Å². The molecule has 0 radical (unpaired) electrons. The number of carbonyl (C=O) groups excluding carboxylic acids is 1. The number of rotatable bonds is 3. The van der Waals surface area contributed by atoms with Gasteiger partial charge in [-0.05, 0) is 49.9 Å². The van der Waals surface area contributed by atoms with E-state index in [4.69, 9.17) is 0 Å². The molecule has 5 unspecified atom stereocenters. The van der Waals surface area contributed by atoms with Gasteiger partial charge in [0.05, 0.1) is 0 Å². The lowest BCUT2D eigenvalue weighted by molar-refractivity contribution is -0.130. The lowest BCUT2D eigenvalue weighted by atomic mass is 9.64. The van der Waals surface area contributed by atoms with Crippen LogP contribution in [-0.4, -0.2) is 5.78 Å². The van der Waals surface area contributed by atoms with Crippen LogP contribution in [0, 0.1) is 29.6 Å². The van der Waals surface area contributed by atoms with Crippen molar-refractivity contribution >= 4 is 5.78 Å². The summed E-state index contributed by atoms with van der Waals surface area (Å²) in [5.74, 6) is 4.25. The second-order valence-corrected chi connectivity index (χ2v) is 7.85. The first-order valence-electron chi connectivity index (χ1n) is 9.31. The van der Waals surface area contributed by atoms with E-state index in [9.17, 15) is 4.79 Å². The molecule has 0 bridgehead atoms. The summed E-state index contributed by atoms with van der Waals surface area (Å²) in [5, 5.41) is 0. The molecule has 5 atom stereocenters. The van der Waals surface area contributed by atoms with Gasteiger partial charge in [0, 0.05) is 11.8 Å². The van der Waals surface area contributed by atoms with Gasteiger partial charge < -0.3 is 0 Å². The summed E-state index contributed by atoms with van der Waals surface area (Å²) in [6.45, 7) is 2.30. The van der Waals surface area contributed by atoms with E-state index in [0.29, 0.717) is 17.6 Å². The monoisotopic (exact) mass is 276 g/mol. The zero-order valence-electron chi connectivity index (χ0n) is 13.3. The highest BCUT2D eigenvalue weighted by Crippen LogP contribution is 2.44. The molecule has 0 spiro atoms. The Morgan fingerprint density at radius 1 is 0.800 bits per heavy atom. The summed E-state index contributed by atoms with van der Waals surface area (Å²) < 4.78 is 0. The lowest BCUT2D eigenvalue weighted by Gasteiger charge is -2.40. The molecule has 3 rings (SSSR count). The van der Waals surface area contributed by atoms with Crippen molar-refractivity contribution in [1.29, 1.82) is 0 Å².